The minimum atomic E-state index is -0.535. The van der Waals surface area contributed by atoms with Crippen LogP contribution in [0, 0.1) is 0 Å². The van der Waals surface area contributed by atoms with Crippen LogP contribution in [0.5, 0.6) is 0 Å². The van der Waals surface area contributed by atoms with Gasteiger partial charge in [-0.15, -0.1) is 0 Å². The van der Waals surface area contributed by atoms with E-state index in [-0.39, 0.29) is 12.6 Å². The molecule has 0 aliphatic rings. The maximum absolute atomic E-state index is 12.2. The molecule has 0 aliphatic heterocycles. The van der Waals surface area contributed by atoms with Gasteiger partial charge in [-0.3, -0.25) is 4.79 Å². The van der Waals surface area contributed by atoms with Crippen LogP contribution < -0.4 is 0 Å². The van der Waals surface area contributed by atoms with E-state index in [0.29, 0.717) is 19.6 Å². The van der Waals surface area contributed by atoms with E-state index in [1.54, 1.807) is 0 Å². The number of ether oxygens (including phenoxy) is 2. The molecule has 314 valence electrons. The van der Waals surface area contributed by atoms with Crippen molar-refractivity contribution in [2.24, 2.45) is 0 Å². The van der Waals surface area contributed by atoms with Crippen molar-refractivity contribution >= 4 is 5.97 Å². The van der Waals surface area contributed by atoms with Crippen LogP contribution in [0.4, 0.5) is 0 Å². The van der Waals surface area contributed by atoms with Gasteiger partial charge in [-0.25, -0.2) is 0 Å². The number of esters is 1. The first-order valence-electron chi connectivity index (χ1n) is 23.9. The number of aliphatic hydroxyl groups is 1. The molecule has 0 radical (unpaired) electrons. The van der Waals surface area contributed by atoms with E-state index in [1.807, 2.05) is 0 Å². The van der Waals surface area contributed by atoms with Gasteiger partial charge in [0.05, 0.1) is 13.2 Å². The van der Waals surface area contributed by atoms with E-state index >= 15 is 0 Å². The standard InChI is InChI=1S/C49H94O4/c1-3-5-7-9-11-13-15-17-19-21-22-23-24-25-26-27-29-31-33-35-37-39-41-43-45-52-47-48(46-50)53-49(51)44-42-40-38-36-34-32-30-28-20-18-16-14-12-10-8-6-4-2/h12,14,18,20,48,50H,3-11,13,15-17,19,21-47H2,1-2H3/b14-12-,20-18-. The molecule has 53 heavy (non-hydrogen) atoms. The summed E-state index contributed by atoms with van der Waals surface area (Å²) < 4.78 is 11.2. The third-order valence-corrected chi connectivity index (χ3v) is 10.8. The zero-order valence-electron chi connectivity index (χ0n) is 36.1. The minimum Gasteiger partial charge on any atom is -0.457 e. The van der Waals surface area contributed by atoms with Crippen molar-refractivity contribution in [2.45, 2.75) is 264 Å². The van der Waals surface area contributed by atoms with E-state index < -0.39 is 6.10 Å². The first-order valence-corrected chi connectivity index (χ1v) is 23.9. The summed E-state index contributed by atoms with van der Waals surface area (Å²) in [4.78, 5) is 12.2. The highest BCUT2D eigenvalue weighted by Crippen LogP contribution is 2.16. The largest absolute Gasteiger partial charge is 0.457 e. The second-order valence-electron chi connectivity index (χ2n) is 16.2. The molecule has 0 fully saturated rings. The van der Waals surface area contributed by atoms with Crippen LogP contribution in [0.15, 0.2) is 24.3 Å². The SMILES string of the molecule is CCCCC/C=C\C/C=C\CCCCCCCCCC(=O)OC(CO)COCCCCCCCCCCCCCCCCCCCCCCCCCC. The van der Waals surface area contributed by atoms with Gasteiger partial charge in [-0.05, 0) is 44.9 Å². The average molecular weight is 747 g/mol. The maximum Gasteiger partial charge on any atom is 0.306 e. The van der Waals surface area contributed by atoms with Gasteiger partial charge in [0.15, 0.2) is 0 Å². The van der Waals surface area contributed by atoms with E-state index in [1.165, 1.54) is 212 Å². The molecule has 4 heteroatoms. The topological polar surface area (TPSA) is 55.8 Å². The molecular formula is C49H94O4. The fourth-order valence-corrected chi connectivity index (χ4v) is 7.18. The van der Waals surface area contributed by atoms with Gasteiger partial charge in [-0.1, -0.05) is 231 Å². The van der Waals surface area contributed by atoms with Gasteiger partial charge in [0.2, 0.25) is 0 Å². The molecule has 1 N–H and O–H groups in total. The van der Waals surface area contributed by atoms with Gasteiger partial charge in [0, 0.05) is 13.0 Å². The number of rotatable bonds is 45. The highest BCUT2D eigenvalue weighted by Gasteiger charge is 2.13. The molecule has 0 bridgehead atoms. The van der Waals surface area contributed by atoms with Crippen LogP contribution >= 0.6 is 0 Å². The second-order valence-corrected chi connectivity index (χ2v) is 16.2. The number of hydrogen-bond acceptors (Lipinski definition) is 4. The third kappa shape index (κ3) is 45.2. The van der Waals surface area contributed by atoms with Gasteiger partial charge >= 0.3 is 5.97 Å². The minimum absolute atomic E-state index is 0.171. The fourth-order valence-electron chi connectivity index (χ4n) is 7.18. The molecular weight excluding hydrogens is 653 g/mol. The van der Waals surface area contributed by atoms with Crippen LogP contribution in [-0.4, -0.2) is 37.0 Å². The molecule has 0 saturated carbocycles. The molecule has 0 aromatic carbocycles. The Balaban J connectivity index is 3.36. The Labute approximate surface area is 332 Å². The van der Waals surface area contributed by atoms with Crippen molar-refractivity contribution in [1.82, 2.24) is 0 Å². The normalized spacial score (nSPS) is 12.4. The van der Waals surface area contributed by atoms with Crippen molar-refractivity contribution in [1.29, 1.82) is 0 Å². The Kier molecular flexibility index (Phi) is 46.0. The number of aliphatic hydroxyl groups excluding tert-OH is 1. The van der Waals surface area contributed by atoms with E-state index in [0.717, 1.165) is 25.7 Å². The van der Waals surface area contributed by atoms with E-state index in [2.05, 4.69) is 38.2 Å². The first-order chi connectivity index (χ1) is 26.2. The summed E-state index contributed by atoms with van der Waals surface area (Å²) in [6.07, 6.45) is 58.3. The van der Waals surface area contributed by atoms with Crippen molar-refractivity contribution < 1.29 is 19.4 Å². The summed E-state index contributed by atoms with van der Waals surface area (Å²) in [5.74, 6) is -0.204. The van der Waals surface area contributed by atoms with Crippen molar-refractivity contribution in [3.8, 4) is 0 Å². The van der Waals surface area contributed by atoms with E-state index in [4.69, 9.17) is 9.47 Å². The fraction of sp³-hybridized carbons (Fsp3) is 0.898. The summed E-state index contributed by atoms with van der Waals surface area (Å²) in [6, 6.07) is 0. The lowest BCUT2D eigenvalue weighted by Gasteiger charge is -2.16. The second kappa shape index (κ2) is 47.0. The van der Waals surface area contributed by atoms with Gasteiger partial charge in [0.1, 0.15) is 6.10 Å². The first kappa shape index (κ1) is 51.9. The maximum atomic E-state index is 12.2. The van der Waals surface area contributed by atoms with Gasteiger partial charge < -0.3 is 14.6 Å². The molecule has 0 saturated heterocycles. The highest BCUT2D eigenvalue weighted by molar-refractivity contribution is 5.69. The lowest BCUT2D eigenvalue weighted by Crippen LogP contribution is -2.27. The monoisotopic (exact) mass is 747 g/mol. The highest BCUT2D eigenvalue weighted by atomic mass is 16.6. The summed E-state index contributed by atoms with van der Waals surface area (Å²) in [7, 11) is 0. The van der Waals surface area contributed by atoms with Crippen LogP contribution in [-0.2, 0) is 14.3 Å². The van der Waals surface area contributed by atoms with E-state index in [9.17, 15) is 9.90 Å². The Hall–Kier alpha value is -1.13. The molecule has 0 heterocycles. The molecule has 0 rings (SSSR count). The Bertz CT molecular complexity index is 747. The van der Waals surface area contributed by atoms with Crippen molar-refractivity contribution in [3.05, 3.63) is 24.3 Å². The van der Waals surface area contributed by atoms with Crippen molar-refractivity contribution in [3.63, 3.8) is 0 Å². The molecule has 4 nitrogen and oxygen atoms in total. The van der Waals surface area contributed by atoms with Crippen LogP contribution in [0.1, 0.15) is 258 Å². The van der Waals surface area contributed by atoms with Crippen LogP contribution in [0.25, 0.3) is 0 Å². The van der Waals surface area contributed by atoms with Gasteiger partial charge in [-0.2, -0.15) is 0 Å². The zero-order chi connectivity index (χ0) is 38.4. The summed E-state index contributed by atoms with van der Waals surface area (Å²) >= 11 is 0. The number of carbonyl (C=O) groups is 1. The molecule has 1 unspecified atom stereocenters. The number of unbranched alkanes of at least 4 members (excludes halogenated alkanes) is 33. The van der Waals surface area contributed by atoms with Crippen molar-refractivity contribution in [2.75, 3.05) is 19.8 Å². The Morgan fingerprint density at radius 1 is 0.453 bits per heavy atom. The smallest absolute Gasteiger partial charge is 0.306 e. The average Bonchev–Trinajstić information content (AvgIpc) is 3.16. The summed E-state index contributed by atoms with van der Waals surface area (Å²) in [5, 5.41) is 9.62. The quantitative estimate of drug-likeness (QED) is 0.0383. The third-order valence-electron chi connectivity index (χ3n) is 10.8. The number of carbonyl (C=O) groups excluding carboxylic acids is 1. The number of hydrogen-bond donors (Lipinski definition) is 1. The number of allylic oxidation sites excluding steroid dienone is 4. The summed E-state index contributed by atoms with van der Waals surface area (Å²) in [5.41, 5.74) is 0. The molecule has 1 atom stereocenters. The van der Waals surface area contributed by atoms with Crippen LogP contribution in [0.3, 0.4) is 0 Å². The van der Waals surface area contributed by atoms with Gasteiger partial charge in [0.25, 0.3) is 0 Å². The Morgan fingerprint density at radius 3 is 1.21 bits per heavy atom. The molecule has 0 aromatic rings. The van der Waals surface area contributed by atoms with Crippen LogP contribution in [0.2, 0.25) is 0 Å². The molecule has 0 aliphatic carbocycles. The predicted molar refractivity (Wildman–Crippen MR) is 233 cm³/mol. The molecule has 0 amide bonds. The summed E-state index contributed by atoms with van der Waals surface area (Å²) in [6.45, 7) is 5.36. The zero-order valence-corrected chi connectivity index (χ0v) is 36.1. The predicted octanol–water partition coefficient (Wildman–Crippen LogP) is 15.9. The molecule has 0 spiro atoms. The molecule has 0 aromatic heterocycles. The Morgan fingerprint density at radius 2 is 0.792 bits per heavy atom. The lowest BCUT2D eigenvalue weighted by atomic mass is 10.0. The lowest BCUT2D eigenvalue weighted by molar-refractivity contribution is -0.154.